The quantitative estimate of drug-likeness (QED) is 0.266. The fraction of sp³-hybridized carbons (Fsp3) is 0.515. The van der Waals surface area contributed by atoms with Gasteiger partial charge in [-0.05, 0) is 81.3 Å². The molecule has 1 N–H and O–H groups in total. The van der Waals surface area contributed by atoms with Crippen molar-refractivity contribution in [2.24, 2.45) is 0 Å². The SMILES string of the molecule is CCC(C)n1ncn(-c2ccc(N3CCN(c4ccc(OCC5COC(Cn6nccn6)(C6CCCN6)O5)cc4)CC3)cc2)c1=O. The summed E-state index contributed by atoms with van der Waals surface area (Å²) in [5.74, 6) is 0.0130. The van der Waals surface area contributed by atoms with Crippen molar-refractivity contribution < 1.29 is 14.2 Å². The second kappa shape index (κ2) is 13.3. The molecular formula is C33H43N9O4. The van der Waals surface area contributed by atoms with Crippen molar-refractivity contribution in [3.8, 4) is 11.4 Å². The molecule has 7 rings (SSSR count). The second-order valence-electron chi connectivity index (χ2n) is 12.4. The van der Waals surface area contributed by atoms with Gasteiger partial charge < -0.3 is 29.3 Å². The molecule has 244 valence electrons. The summed E-state index contributed by atoms with van der Waals surface area (Å²) in [4.78, 5) is 19.2. The number of anilines is 2. The summed E-state index contributed by atoms with van der Waals surface area (Å²) < 4.78 is 22.1. The van der Waals surface area contributed by atoms with Crippen LogP contribution in [0.1, 0.15) is 39.2 Å². The summed E-state index contributed by atoms with van der Waals surface area (Å²) >= 11 is 0. The lowest BCUT2D eigenvalue weighted by Crippen LogP contribution is -2.52. The molecule has 4 unspecified atom stereocenters. The van der Waals surface area contributed by atoms with E-state index in [4.69, 9.17) is 14.2 Å². The summed E-state index contributed by atoms with van der Waals surface area (Å²) in [6.07, 6.45) is 7.72. The molecule has 0 saturated carbocycles. The van der Waals surface area contributed by atoms with Crippen molar-refractivity contribution in [1.82, 2.24) is 34.7 Å². The van der Waals surface area contributed by atoms with Gasteiger partial charge in [0.25, 0.3) is 0 Å². The van der Waals surface area contributed by atoms with Crippen LogP contribution in [0.2, 0.25) is 0 Å². The Bertz CT molecular complexity index is 1610. The number of rotatable bonds is 11. The van der Waals surface area contributed by atoms with E-state index in [1.54, 1.807) is 32.8 Å². The van der Waals surface area contributed by atoms with Gasteiger partial charge in [0.2, 0.25) is 5.79 Å². The fourth-order valence-corrected chi connectivity index (χ4v) is 6.58. The first kappa shape index (κ1) is 30.5. The summed E-state index contributed by atoms with van der Waals surface area (Å²) in [6.45, 7) is 9.98. The molecule has 0 spiro atoms. The third kappa shape index (κ3) is 6.26. The van der Waals surface area contributed by atoms with Crippen LogP contribution in [-0.4, -0.2) is 93.2 Å². The van der Waals surface area contributed by atoms with Crippen LogP contribution in [0, 0.1) is 0 Å². The lowest BCUT2D eigenvalue weighted by Gasteiger charge is -2.37. The van der Waals surface area contributed by atoms with E-state index < -0.39 is 5.79 Å². The summed E-state index contributed by atoms with van der Waals surface area (Å²) in [5, 5.41) is 16.4. The molecule has 0 radical (unpaired) electrons. The van der Waals surface area contributed by atoms with E-state index >= 15 is 0 Å². The van der Waals surface area contributed by atoms with Crippen molar-refractivity contribution in [2.75, 3.05) is 55.7 Å². The predicted octanol–water partition coefficient (Wildman–Crippen LogP) is 2.87. The van der Waals surface area contributed by atoms with Gasteiger partial charge in [-0.15, -0.1) is 0 Å². The third-order valence-electron chi connectivity index (χ3n) is 9.41. The van der Waals surface area contributed by atoms with Crippen molar-refractivity contribution in [3.63, 3.8) is 0 Å². The van der Waals surface area contributed by atoms with Gasteiger partial charge in [-0.3, -0.25) is 0 Å². The van der Waals surface area contributed by atoms with Crippen molar-refractivity contribution in [2.45, 2.75) is 63.6 Å². The number of nitrogens with zero attached hydrogens (tertiary/aromatic N) is 8. The molecule has 3 fully saturated rings. The minimum atomic E-state index is -0.797. The number of hydrogen-bond acceptors (Lipinski definition) is 10. The smallest absolute Gasteiger partial charge is 0.350 e. The summed E-state index contributed by atoms with van der Waals surface area (Å²) in [7, 11) is 0. The second-order valence-corrected chi connectivity index (χ2v) is 12.4. The zero-order chi connectivity index (χ0) is 31.5. The molecule has 2 aromatic heterocycles. The Morgan fingerprint density at radius 2 is 1.61 bits per heavy atom. The van der Waals surface area contributed by atoms with E-state index in [0.717, 1.165) is 69.1 Å². The summed E-state index contributed by atoms with van der Waals surface area (Å²) in [5.41, 5.74) is 3.05. The van der Waals surface area contributed by atoms with Gasteiger partial charge in [0.15, 0.2) is 0 Å². The maximum absolute atomic E-state index is 12.8. The maximum Gasteiger partial charge on any atom is 0.350 e. The van der Waals surface area contributed by atoms with Gasteiger partial charge in [0.05, 0.1) is 36.8 Å². The van der Waals surface area contributed by atoms with Crippen LogP contribution in [0.4, 0.5) is 11.4 Å². The monoisotopic (exact) mass is 629 g/mol. The first-order valence-electron chi connectivity index (χ1n) is 16.4. The van der Waals surface area contributed by atoms with Gasteiger partial charge in [-0.2, -0.15) is 20.1 Å². The molecule has 3 aliphatic heterocycles. The van der Waals surface area contributed by atoms with E-state index in [0.29, 0.717) is 19.8 Å². The lowest BCUT2D eigenvalue weighted by atomic mass is 10.1. The van der Waals surface area contributed by atoms with E-state index in [1.807, 2.05) is 31.2 Å². The highest BCUT2D eigenvalue weighted by Crippen LogP contribution is 2.33. The molecule has 2 aromatic carbocycles. The van der Waals surface area contributed by atoms with Gasteiger partial charge >= 0.3 is 5.69 Å². The van der Waals surface area contributed by atoms with Crippen LogP contribution >= 0.6 is 0 Å². The van der Waals surface area contributed by atoms with E-state index in [2.05, 4.69) is 61.6 Å². The number of benzene rings is 2. The molecule has 0 aliphatic carbocycles. The Morgan fingerprint density at radius 1 is 0.957 bits per heavy atom. The van der Waals surface area contributed by atoms with E-state index in [1.165, 1.54) is 5.69 Å². The molecule has 46 heavy (non-hydrogen) atoms. The fourth-order valence-electron chi connectivity index (χ4n) is 6.58. The molecule has 0 bridgehead atoms. The van der Waals surface area contributed by atoms with Crippen LogP contribution in [0.3, 0.4) is 0 Å². The first-order chi connectivity index (χ1) is 22.5. The highest BCUT2D eigenvalue weighted by atomic mass is 16.8. The van der Waals surface area contributed by atoms with Crippen LogP contribution in [0.15, 0.2) is 72.0 Å². The largest absolute Gasteiger partial charge is 0.491 e. The van der Waals surface area contributed by atoms with Crippen molar-refractivity contribution >= 4 is 11.4 Å². The van der Waals surface area contributed by atoms with Crippen molar-refractivity contribution in [1.29, 1.82) is 0 Å². The molecule has 13 nitrogen and oxygen atoms in total. The molecule has 4 aromatic rings. The van der Waals surface area contributed by atoms with Gasteiger partial charge in [-0.25, -0.2) is 14.0 Å². The highest BCUT2D eigenvalue weighted by Gasteiger charge is 2.50. The Balaban J connectivity index is 0.901. The molecule has 3 saturated heterocycles. The maximum atomic E-state index is 12.8. The number of aromatic nitrogens is 6. The number of nitrogens with one attached hydrogen (secondary N) is 1. The topological polar surface area (TPSA) is 117 Å². The molecule has 3 aliphatic rings. The Kier molecular flexibility index (Phi) is 8.78. The normalized spacial score (nSPS) is 24.0. The molecule has 13 heteroatoms. The predicted molar refractivity (Wildman–Crippen MR) is 174 cm³/mol. The Labute approximate surface area is 268 Å². The minimum absolute atomic E-state index is 0.0756. The highest BCUT2D eigenvalue weighted by molar-refractivity contribution is 5.54. The molecule has 0 amide bonds. The van der Waals surface area contributed by atoms with Gasteiger partial charge in [-0.1, -0.05) is 6.92 Å². The zero-order valence-electron chi connectivity index (χ0n) is 26.6. The van der Waals surface area contributed by atoms with Crippen LogP contribution < -0.4 is 25.5 Å². The zero-order valence-corrected chi connectivity index (χ0v) is 26.6. The molecule has 5 heterocycles. The molecular weight excluding hydrogens is 586 g/mol. The number of ether oxygens (including phenoxy) is 3. The summed E-state index contributed by atoms with van der Waals surface area (Å²) in [6, 6.07) is 16.6. The number of piperazine rings is 1. The molecule has 4 atom stereocenters. The van der Waals surface area contributed by atoms with Gasteiger partial charge in [0, 0.05) is 37.6 Å². The van der Waals surface area contributed by atoms with Crippen LogP contribution in [0.5, 0.6) is 5.75 Å². The van der Waals surface area contributed by atoms with Crippen LogP contribution in [-0.2, 0) is 16.0 Å². The average Bonchev–Trinajstić information content (AvgIpc) is 3.93. The standard InChI is InChI=1S/C33H43N9O4/c1-3-25(2)42-32(43)40(24-37-42)28-8-6-26(7-9-28)38-17-19-39(20-18-38)27-10-12-29(13-11-27)44-21-30-22-45-33(46-30,31-5-4-14-34-31)23-41-35-15-16-36-41/h6-13,15-16,24-25,30-31,34H,3-5,14,17-23H2,1-2H3. The first-order valence-corrected chi connectivity index (χ1v) is 16.4. The van der Waals surface area contributed by atoms with E-state index in [-0.39, 0.29) is 23.9 Å². The minimum Gasteiger partial charge on any atom is -0.491 e. The number of hydrogen-bond donors (Lipinski definition) is 1. The van der Waals surface area contributed by atoms with Crippen molar-refractivity contribution in [3.05, 3.63) is 77.7 Å². The third-order valence-corrected chi connectivity index (χ3v) is 9.41. The lowest BCUT2D eigenvalue weighted by molar-refractivity contribution is -0.201. The Morgan fingerprint density at radius 3 is 2.24 bits per heavy atom. The Hall–Kier alpha value is -4.20. The van der Waals surface area contributed by atoms with Crippen LogP contribution in [0.25, 0.3) is 5.69 Å². The van der Waals surface area contributed by atoms with E-state index in [9.17, 15) is 4.79 Å². The average molecular weight is 630 g/mol. The van der Waals surface area contributed by atoms with Gasteiger partial charge in [0.1, 0.15) is 31.3 Å².